The van der Waals surface area contributed by atoms with Crippen molar-refractivity contribution in [3.8, 4) is 5.75 Å². The highest BCUT2D eigenvalue weighted by molar-refractivity contribution is 6.04. The van der Waals surface area contributed by atoms with E-state index in [1.54, 1.807) is 37.4 Å². The molecule has 0 aliphatic heterocycles. The van der Waals surface area contributed by atoms with E-state index >= 15 is 0 Å². The van der Waals surface area contributed by atoms with Crippen LogP contribution in [0.1, 0.15) is 29.8 Å². The molecule has 2 rings (SSSR count). The van der Waals surface area contributed by atoms with E-state index in [4.69, 9.17) is 9.47 Å². The van der Waals surface area contributed by atoms with Crippen LogP contribution in [0.15, 0.2) is 42.5 Å². The molecule has 4 nitrogen and oxygen atoms in total. The third-order valence-corrected chi connectivity index (χ3v) is 3.33. The standard InChI is InChI=1S/C19H22FNO3/c1-13(2)11-24-12-15-9-14(7-8-18(15)23-3)19(22)21-17-6-4-5-16(20)10-17/h4-10,13H,11-12H2,1-3H3,(H,21,22). The first-order valence-electron chi connectivity index (χ1n) is 7.81. The van der Waals surface area contributed by atoms with Crippen LogP contribution >= 0.6 is 0 Å². The first-order chi connectivity index (χ1) is 11.5. The Morgan fingerprint density at radius 3 is 2.67 bits per heavy atom. The quantitative estimate of drug-likeness (QED) is 0.825. The molecule has 0 aliphatic rings. The molecule has 24 heavy (non-hydrogen) atoms. The second-order valence-corrected chi connectivity index (χ2v) is 5.90. The molecule has 1 amide bonds. The lowest BCUT2D eigenvalue weighted by Gasteiger charge is -2.12. The van der Waals surface area contributed by atoms with Gasteiger partial charge in [-0.1, -0.05) is 19.9 Å². The predicted molar refractivity (Wildman–Crippen MR) is 91.8 cm³/mol. The van der Waals surface area contributed by atoms with Crippen LogP contribution in [-0.2, 0) is 11.3 Å². The fourth-order valence-electron chi connectivity index (χ4n) is 2.21. The lowest BCUT2D eigenvalue weighted by atomic mass is 10.1. The average molecular weight is 331 g/mol. The number of amides is 1. The van der Waals surface area contributed by atoms with Gasteiger partial charge in [-0.2, -0.15) is 0 Å². The summed E-state index contributed by atoms with van der Waals surface area (Å²) in [5.41, 5.74) is 1.67. The van der Waals surface area contributed by atoms with Gasteiger partial charge in [0.1, 0.15) is 11.6 Å². The SMILES string of the molecule is COc1ccc(C(=O)Nc2cccc(F)c2)cc1COCC(C)C. The molecule has 0 atom stereocenters. The highest BCUT2D eigenvalue weighted by atomic mass is 19.1. The number of methoxy groups -OCH3 is 1. The Morgan fingerprint density at radius 2 is 2.00 bits per heavy atom. The molecule has 0 spiro atoms. The van der Waals surface area contributed by atoms with E-state index in [2.05, 4.69) is 19.2 Å². The van der Waals surface area contributed by atoms with Crippen molar-refractivity contribution in [3.05, 3.63) is 59.4 Å². The van der Waals surface area contributed by atoms with Gasteiger partial charge < -0.3 is 14.8 Å². The summed E-state index contributed by atoms with van der Waals surface area (Å²) in [5, 5.41) is 2.68. The largest absolute Gasteiger partial charge is 0.496 e. The Kier molecular flexibility index (Phi) is 6.32. The normalized spacial score (nSPS) is 10.7. The number of benzene rings is 2. The average Bonchev–Trinajstić information content (AvgIpc) is 2.54. The van der Waals surface area contributed by atoms with Crippen molar-refractivity contribution >= 4 is 11.6 Å². The summed E-state index contributed by atoms with van der Waals surface area (Å²) >= 11 is 0. The Balaban J connectivity index is 2.12. The number of ether oxygens (including phenoxy) is 2. The fourth-order valence-corrected chi connectivity index (χ4v) is 2.21. The van der Waals surface area contributed by atoms with Gasteiger partial charge in [0.2, 0.25) is 0 Å². The molecule has 0 saturated heterocycles. The summed E-state index contributed by atoms with van der Waals surface area (Å²) in [5.74, 6) is 0.384. The van der Waals surface area contributed by atoms with E-state index < -0.39 is 5.82 Å². The van der Waals surface area contributed by atoms with Crippen molar-refractivity contribution in [1.29, 1.82) is 0 Å². The van der Waals surface area contributed by atoms with Crippen molar-refractivity contribution < 1.29 is 18.7 Å². The Labute approximate surface area is 141 Å². The van der Waals surface area contributed by atoms with Crippen LogP contribution in [0.3, 0.4) is 0 Å². The topological polar surface area (TPSA) is 47.6 Å². The van der Waals surface area contributed by atoms with Crippen LogP contribution in [0, 0.1) is 11.7 Å². The lowest BCUT2D eigenvalue weighted by Crippen LogP contribution is -2.13. The minimum absolute atomic E-state index is 0.312. The van der Waals surface area contributed by atoms with Crippen LogP contribution in [0.25, 0.3) is 0 Å². The lowest BCUT2D eigenvalue weighted by molar-refractivity contribution is 0.0952. The molecule has 5 heteroatoms. The zero-order valence-corrected chi connectivity index (χ0v) is 14.1. The minimum atomic E-state index is -0.398. The molecule has 128 valence electrons. The number of rotatable bonds is 7. The molecule has 0 fully saturated rings. The Bertz CT molecular complexity index is 701. The molecular formula is C19H22FNO3. The molecule has 1 N–H and O–H groups in total. The van der Waals surface area contributed by atoms with Gasteiger partial charge in [0.25, 0.3) is 5.91 Å². The van der Waals surface area contributed by atoms with E-state index in [0.717, 1.165) is 5.56 Å². The number of halogens is 1. The van der Waals surface area contributed by atoms with Gasteiger partial charge in [-0.05, 0) is 42.3 Å². The van der Waals surface area contributed by atoms with Gasteiger partial charge in [-0.3, -0.25) is 4.79 Å². The number of carbonyl (C=O) groups excluding carboxylic acids is 1. The molecule has 0 heterocycles. The molecule has 0 unspecified atom stereocenters. The second-order valence-electron chi connectivity index (χ2n) is 5.90. The van der Waals surface area contributed by atoms with E-state index in [1.807, 2.05) is 0 Å². The summed E-state index contributed by atoms with van der Waals surface area (Å²) in [7, 11) is 1.58. The summed E-state index contributed by atoms with van der Waals surface area (Å²) < 4.78 is 24.1. The molecule has 2 aromatic carbocycles. The first-order valence-corrected chi connectivity index (χ1v) is 7.81. The van der Waals surface area contributed by atoms with E-state index in [9.17, 15) is 9.18 Å². The van der Waals surface area contributed by atoms with Crippen molar-refractivity contribution in [1.82, 2.24) is 0 Å². The molecule has 0 saturated carbocycles. The van der Waals surface area contributed by atoms with E-state index in [1.165, 1.54) is 12.1 Å². The van der Waals surface area contributed by atoms with Gasteiger partial charge in [0.05, 0.1) is 13.7 Å². The van der Waals surface area contributed by atoms with E-state index in [0.29, 0.717) is 36.1 Å². The van der Waals surface area contributed by atoms with Crippen LogP contribution in [0.5, 0.6) is 5.75 Å². The number of hydrogen-bond donors (Lipinski definition) is 1. The Morgan fingerprint density at radius 1 is 1.21 bits per heavy atom. The van der Waals surface area contributed by atoms with Gasteiger partial charge >= 0.3 is 0 Å². The summed E-state index contributed by atoms with van der Waals surface area (Å²) in [6.45, 7) is 5.13. The van der Waals surface area contributed by atoms with E-state index in [-0.39, 0.29) is 5.91 Å². The summed E-state index contributed by atoms with van der Waals surface area (Å²) in [6, 6.07) is 10.9. The van der Waals surface area contributed by atoms with Gasteiger partial charge in [-0.15, -0.1) is 0 Å². The zero-order chi connectivity index (χ0) is 17.5. The van der Waals surface area contributed by atoms with Crippen LogP contribution in [0.4, 0.5) is 10.1 Å². The van der Waals surface area contributed by atoms with Gasteiger partial charge in [0.15, 0.2) is 0 Å². The van der Waals surface area contributed by atoms with Crippen molar-refractivity contribution in [2.45, 2.75) is 20.5 Å². The highest BCUT2D eigenvalue weighted by Gasteiger charge is 2.11. The smallest absolute Gasteiger partial charge is 0.255 e. The molecular weight excluding hydrogens is 309 g/mol. The fraction of sp³-hybridized carbons (Fsp3) is 0.316. The predicted octanol–water partition coefficient (Wildman–Crippen LogP) is 4.26. The monoisotopic (exact) mass is 331 g/mol. The number of carbonyl (C=O) groups is 1. The molecule has 0 aromatic heterocycles. The maximum absolute atomic E-state index is 13.2. The number of hydrogen-bond acceptors (Lipinski definition) is 3. The highest BCUT2D eigenvalue weighted by Crippen LogP contribution is 2.22. The minimum Gasteiger partial charge on any atom is -0.496 e. The number of nitrogens with one attached hydrogen (secondary N) is 1. The van der Waals surface area contributed by atoms with Crippen LogP contribution < -0.4 is 10.1 Å². The maximum atomic E-state index is 13.2. The molecule has 2 aromatic rings. The molecule has 0 bridgehead atoms. The molecule has 0 aliphatic carbocycles. The van der Waals surface area contributed by atoms with Crippen LogP contribution in [0.2, 0.25) is 0 Å². The zero-order valence-electron chi connectivity index (χ0n) is 14.1. The van der Waals surface area contributed by atoms with Crippen LogP contribution in [-0.4, -0.2) is 19.6 Å². The Hall–Kier alpha value is -2.40. The maximum Gasteiger partial charge on any atom is 0.255 e. The van der Waals surface area contributed by atoms with Crippen molar-refractivity contribution in [2.24, 2.45) is 5.92 Å². The molecule has 0 radical (unpaired) electrons. The first kappa shape index (κ1) is 17.9. The number of anilines is 1. The van der Waals surface area contributed by atoms with Gasteiger partial charge in [0, 0.05) is 23.4 Å². The van der Waals surface area contributed by atoms with Crippen molar-refractivity contribution in [3.63, 3.8) is 0 Å². The third-order valence-electron chi connectivity index (χ3n) is 3.33. The summed E-state index contributed by atoms with van der Waals surface area (Å²) in [4.78, 5) is 12.3. The summed E-state index contributed by atoms with van der Waals surface area (Å²) in [6.07, 6.45) is 0. The van der Waals surface area contributed by atoms with Gasteiger partial charge in [-0.25, -0.2) is 4.39 Å². The second kappa shape index (κ2) is 8.45. The van der Waals surface area contributed by atoms with Crippen molar-refractivity contribution in [2.75, 3.05) is 19.0 Å². The third kappa shape index (κ3) is 5.06.